The molecule has 2 N–H and O–H groups in total. The largest absolute Gasteiger partial charge is 0.353 e. The normalized spacial score (nSPS) is 11.1. The van der Waals surface area contributed by atoms with Gasteiger partial charge in [0.2, 0.25) is 11.8 Å². The summed E-state index contributed by atoms with van der Waals surface area (Å²) in [6, 6.07) is 9.92. The molecule has 0 saturated heterocycles. The average Bonchev–Trinajstić information content (AvgIpc) is 2.88. The number of amides is 2. The van der Waals surface area contributed by atoms with Gasteiger partial charge in [0, 0.05) is 19.0 Å². The number of hydrogen-bond acceptors (Lipinski definition) is 4. The summed E-state index contributed by atoms with van der Waals surface area (Å²) in [5.74, 6) is -0.131. The number of carbonyl (C=O) groups excluding carboxylic acids is 2. The number of benzene rings is 1. The smallest absolute Gasteiger partial charge is 0.234 e. The lowest BCUT2D eigenvalue weighted by molar-refractivity contribution is -0.123. The quantitative estimate of drug-likeness (QED) is 0.746. The van der Waals surface area contributed by atoms with E-state index < -0.39 is 0 Å². The minimum atomic E-state index is -0.0927. The van der Waals surface area contributed by atoms with Gasteiger partial charge in [0.1, 0.15) is 0 Å². The van der Waals surface area contributed by atoms with E-state index >= 15 is 0 Å². The third-order valence-electron chi connectivity index (χ3n) is 4.14. The number of aryl methyl sites for hydroxylation is 1. The Labute approximate surface area is 160 Å². The van der Waals surface area contributed by atoms with Gasteiger partial charge in [0.25, 0.3) is 0 Å². The van der Waals surface area contributed by atoms with Gasteiger partial charge in [-0.2, -0.15) is 5.10 Å². The highest BCUT2D eigenvalue weighted by atomic mass is 16.2. The van der Waals surface area contributed by atoms with Crippen LogP contribution in [-0.4, -0.2) is 52.7 Å². The van der Waals surface area contributed by atoms with Gasteiger partial charge in [0.05, 0.1) is 29.3 Å². The van der Waals surface area contributed by atoms with Crippen molar-refractivity contribution in [2.75, 3.05) is 25.5 Å². The van der Waals surface area contributed by atoms with Crippen LogP contribution < -0.4 is 10.6 Å². The molecule has 7 nitrogen and oxygen atoms in total. The molecule has 7 heteroatoms. The minimum Gasteiger partial charge on any atom is -0.353 e. The highest BCUT2D eigenvalue weighted by Gasteiger charge is 2.16. The average molecular weight is 371 g/mol. The van der Waals surface area contributed by atoms with E-state index in [9.17, 15) is 9.59 Å². The number of rotatable bonds is 8. The first kappa shape index (κ1) is 20.6. The maximum Gasteiger partial charge on any atom is 0.234 e. The van der Waals surface area contributed by atoms with Gasteiger partial charge in [-0.25, -0.2) is 4.68 Å². The van der Waals surface area contributed by atoms with Crippen molar-refractivity contribution in [3.63, 3.8) is 0 Å². The van der Waals surface area contributed by atoms with Crippen LogP contribution in [0.4, 0.5) is 5.69 Å². The topological polar surface area (TPSA) is 79.3 Å². The molecule has 0 aliphatic carbocycles. The number of para-hydroxylation sites is 1. The number of nitrogens with zero attached hydrogens (tertiary/aromatic N) is 3. The van der Waals surface area contributed by atoms with Crippen LogP contribution >= 0.6 is 0 Å². The van der Waals surface area contributed by atoms with Crippen LogP contribution in [0, 0.1) is 13.8 Å². The minimum absolute atomic E-state index is 0.0382. The third kappa shape index (κ3) is 5.92. The standard InChI is InChI=1S/C20H29N5O2/c1-14(2)21-19(27)13-24(5)12-11-18(26)22-20-15(3)23-25(16(20)4)17-9-7-6-8-10-17/h6-10,14H,11-13H2,1-5H3,(H,21,27)(H,22,26). The first-order valence-corrected chi connectivity index (χ1v) is 9.17. The summed E-state index contributed by atoms with van der Waals surface area (Å²) in [6.07, 6.45) is 0.306. The van der Waals surface area contributed by atoms with Crippen LogP contribution in [-0.2, 0) is 9.59 Å². The third-order valence-corrected chi connectivity index (χ3v) is 4.14. The highest BCUT2D eigenvalue weighted by molar-refractivity contribution is 5.92. The van der Waals surface area contributed by atoms with Crippen molar-refractivity contribution in [3.8, 4) is 5.69 Å². The van der Waals surface area contributed by atoms with Gasteiger partial charge in [-0.1, -0.05) is 18.2 Å². The first-order chi connectivity index (χ1) is 12.8. The molecule has 1 heterocycles. The van der Waals surface area contributed by atoms with Crippen molar-refractivity contribution in [2.45, 2.75) is 40.2 Å². The van der Waals surface area contributed by atoms with E-state index in [0.717, 1.165) is 22.8 Å². The Hall–Kier alpha value is -2.67. The Morgan fingerprint density at radius 2 is 1.81 bits per heavy atom. The molecule has 27 heavy (non-hydrogen) atoms. The van der Waals surface area contributed by atoms with Gasteiger partial charge in [-0.15, -0.1) is 0 Å². The Kier molecular flexibility index (Phi) is 7.12. The zero-order chi connectivity index (χ0) is 20.0. The lowest BCUT2D eigenvalue weighted by Gasteiger charge is -2.17. The lowest BCUT2D eigenvalue weighted by Crippen LogP contribution is -2.39. The molecule has 0 fully saturated rings. The number of likely N-dealkylation sites (N-methyl/N-ethyl adjacent to an activating group) is 1. The van der Waals surface area contributed by atoms with E-state index in [1.54, 1.807) is 0 Å². The van der Waals surface area contributed by atoms with Crippen molar-refractivity contribution < 1.29 is 9.59 Å². The molecule has 1 aromatic carbocycles. The van der Waals surface area contributed by atoms with Crippen molar-refractivity contribution in [1.29, 1.82) is 0 Å². The number of carbonyl (C=O) groups is 2. The summed E-state index contributed by atoms with van der Waals surface area (Å²) >= 11 is 0. The molecule has 0 bridgehead atoms. The summed E-state index contributed by atoms with van der Waals surface area (Å²) < 4.78 is 1.83. The summed E-state index contributed by atoms with van der Waals surface area (Å²) in [4.78, 5) is 26.0. The molecule has 0 spiro atoms. The number of hydrogen-bond donors (Lipinski definition) is 2. The second-order valence-corrected chi connectivity index (χ2v) is 7.05. The van der Waals surface area contributed by atoms with Crippen LogP contribution in [0.1, 0.15) is 31.7 Å². The Morgan fingerprint density at radius 3 is 2.44 bits per heavy atom. The SMILES string of the molecule is Cc1nn(-c2ccccc2)c(C)c1NC(=O)CCN(C)CC(=O)NC(C)C. The van der Waals surface area contributed by atoms with E-state index in [0.29, 0.717) is 13.0 Å². The molecule has 0 aliphatic rings. The monoisotopic (exact) mass is 371 g/mol. The molecule has 0 saturated carbocycles. The Bertz CT molecular complexity index is 783. The molecule has 2 aromatic rings. The summed E-state index contributed by atoms with van der Waals surface area (Å²) in [5, 5.41) is 10.3. The molecule has 0 radical (unpaired) electrons. The summed E-state index contributed by atoms with van der Waals surface area (Å²) in [6.45, 7) is 8.43. The van der Waals surface area contributed by atoms with Crippen molar-refractivity contribution in [2.24, 2.45) is 0 Å². The second kappa shape index (κ2) is 9.32. The molecule has 0 atom stereocenters. The zero-order valence-corrected chi connectivity index (χ0v) is 16.7. The van der Waals surface area contributed by atoms with Crippen molar-refractivity contribution in [1.82, 2.24) is 20.0 Å². The molecule has 146 valence electrons. The second-order valence-electron chi connectivity index (χ2n) is 7.05. The number of nitrogens with one attached hydrogen (secondary N) is 2. The Morgan fingerprint density at radius 1 is 1.15 bits per heavy atom. The van der Waals surface area contributed by atoms with Gasteiger partial charge in [-0.05, 0) is 46.9 Å². The Balaban J connectivity index is 1.93. The molecule has 1 aromatic heterocycles. The zero-order valence-electron chi connectivity index (χ0n) is 16.7. The molecular weight excluding hydrogens is 342 g/mol. The number of aromatic nitrogens is 2. The van der Waals surface area contributed by atoms with Gasteiger partial charge in [-0.3, -0.25) is 14.5 Å². The molecule has 0 unspecified atom stereocenters. The van der Waals surface area contributed by atoms with E-state index in [2.05, 4.69) is 15.7 Å². The predicted molar refractivity (Wildman–Crippen MR) is 107 cm³/mol. The molecule has 2 rings (SSSR count). The van der Waals surface area contributed by atoms with Gasteiger partial charge in [0.15, 0.2) is 0 Å². The van der Waals surface area contributed by atoms with E-state index in [1.165, 1.54) is 0 Å². The first-order valence-electron chi connectivity index (χ1n) is 9.17. The fraction of sp³-hybridized carbons (Fsp3) is 0.450. The van der Waals surface area contributed by atoms with Gasteiger partial charge >= 0.3 is 0 Å². The highest BCUT2D eigenvalue weighted by Crippen LogP contribution is 2.22. The van der Waals surface area contributed by atoms with Crippen LogP contribution in [0.3, 0.4) is 0 Å². The van der Waals surface area contributed by atoms with E-state index in [1.807, 2.05) is 74.7 Å². The summed E-state index contributed by atoms with van der Waals surface area (Å²) in [5.41, 5.74) is 3.35. The van der Waals surface area contributed by atoms with Crippen LogP contribution in [0.15, 0.2) is 30.3 Å². The molecule has 0 aliphatic heterocycles. The van der Waals surface area contributed by atoms with Crippen molar-refractivity contribution >= 4 is 17.5 Å². The molecular formula is C20H29N5O2. The van der Waals surface area contributed by atoms with Gasteiger partial charge < -0.3 is 10.6 Å². The van der Waals surface area contributed by atoms with Crippen molar-refractivity contribution in [3.05, 3.63) is 41.7 Å². The van der Waals surface area contributed by atoms with Crippen LogP contribution in [0.2, 0.25) is 0 Å². The van der Waals surface area contributed by atoms with Crippen LogP contribution in [0.5, 0.6) is 0 Å². The maximum absolute atomic E-state index is 12.4. The van der Waals surface area contributed by atoms with Crippen LogP contribution in [0.25, 0.3) is 5.69 Å². The number of anilines is 1. The fourth-order valence-electron chi connectivity index (χ4n) is 2.83. The lowest BCUT2D eigenvalue weighted by atomic mass is 10.2. The van der Waals surface area contributed by atoms with E-state index in [-0.39, 0.29) is 24.4 Å². The van der Waals surface area contributed by atoms with E-state index in [4.69, 9.17) is 0 Å². The summed E-state index contributed by atoms with van der Waals surface area (Å²) in [7, 11) is 1.83. The fourth-order valence-corrected chi connectivity index (χ4v) is 2.83. The predicted octanol–water partition coefficient (Wildman–Crippen LogP) is 2.27. The maximum atomic E-state index is 12.4. The molecule has 2 amide bonds.